The molecule has 0 spiro atoms. The molecule has 1 saturated heterocycles. The minimum Gasteiger partial charge on any atom is -0.480 e. The van der Waals surface area contributed by atoms with Crippen LogP contribution in [-0.4, -0.2) is 65.7 Å². The second-order valence-electron chi connectivity index (χ2n) is 5.26. The molecular weight excluding hydrogens is 246 g/mol. The molecule has 1 aliphatic rings. The summed E-state index contributed by atoms with van der Waals surface area (Å²) in [6.07, 6.45) is 2.21. The maximum absolute atomic E-state index is 12.1. The van der Waals surface area contributed by atoms with Crippen LogP contribution in [-0.2, 0) is 4.79 Å². The monoisotopic (exact) mass is 271 g/mol. The summed E-state index contributed by atoms with van der Waals surface area (Å²) in [6.45, 7) is 6.17. The van der Waals surface area contributed by atoms with E-state index in [1.807, 2.05) is 14.0 Å². The van der Waals surface area contributed by atoms with Crippen molar-refractivity contribution in [3.05, 3.63) is 0 Å². The second-order valence-corrected chi connectivity index (χ2v) is 5.26. The number of aliphatic carboxylic acids is 1. The SMILES string of the molecule is CCCC[C@H](NC(=O)N1CCN(C)C(C)C1)C(=O)O. The highest BCUT2D eigenvalue weighted by molar-refractivity contribution is 5.82. The Balaban J connectivity index is 2.50. The Hall–Kier alpha value is -1.30. The summed E-state index contributed by atoms with van der Waals surface area (Å²) >= 11 is 0. The smallest absolute Gasteiger partial charge is 0.326 e. The lowest BCUT2D eigenvalue weighted by Crippen LogP contribution is -2.56. The van der Waals surface area contributed by atoms with Gasteiger partial charge in [0.2, 0.25) is 0 Å². The fraction of sp³-hybridized carbons (Fsp3) is 0.846. The average molecular weight is 271 g/mol. The number of nitrogens with zero attached hydrogens (tertiary/aromatic N) is 2. The van der Waals surface area contributed by atoms with E-state index in [1.165, 1.54) is 0 Å². The van der Waals surface area contributed by atoms with Crippen LogP contribution in [0.15, 0.2) is 0 Å². The van der Waals surface area contributed by atoms with Gasteiger partial charge in [0.1, 0.15) is 6.04 Å². The fourth-order valence-electron chi connectivity index (χ4n) is 2.14. The van der Waals surface area contributed by atoms with Crippen molar-refractivity contribution in [2.45, 2.75) is 45.2 Å². The summed E-state index contributed by atoms with van der Waals surface area (Å²) in [7, 11) is 2.03. The van der Waals surface area contributed by atoms with Crippen molar-refractivity contribution < 1.29 is 14.7 Å². The molecular formula is C13H25N3O3. The molecule has 0 bridgehead atoms. The van der Waals surface area contributed by atoms with Crippen LogP contribution in [0, 0.1) is 0 Å². The molecule has 19 heavy (non-hydrogen) atoms. The second kappa shape index (κ2) is 7.33. The number of piperazine rings is 1. The van der Waals surface area contributed by atoms with Crippen molar-refractivity contribution >= 4 is 12.0 Å². The molecule has 0 aromatic rings. The average Bonchev–Trinajstić information content (AvgIpc) is 2.37. The Labute approximate surface area is 114 Å². The number of urea groups is 1. The lowest BCUT2D eigenvalue weighted by atomic mass is 10.1. The maximum Gasteiger partial charge on any atom is 0.326 e. The van der Waals surface area contributed by atoms with E-state index in [1.54, 1.807) is 4.90 Å². The van der Waals surface area contributed by atoms with Gasteiger partial charge in [0.25, 0.3) is 0 Å². The lowest BCUT2D eigenvalue weighted by molar-refractivity contribution is -0.139. The number of carboxylic acids is 1. The van der Waals surface area contributed by atoms with Gasteiger partial charge in [0, 0.05) is 25.7 Å². The van der Waals surface area contributed by atoms with Crippen LogP contribution < -0.4 is 5.32 Å². The zero-order valence-corrected chi connectivity index (χ0v) is 12.1. The molecule has 0 aliphatic carbocycles. The van der Waals surface area contributed by atoms with Gasteiger partial charge in [0.05, 0.1) is 0 Å². The van der Waals surface area contributed by atoms with Gasteiger partial charge < -0.3 is 20.2 Å². The molecule has 1 unspecified atom stereocenters. The third-order valence-corrected chi connectivity index (χ3v) is 3.69. The number of carboxylic acid groups (broad SMARTS) is 1. The summed E-state index contributed by atoms with van der Waals surface area (Å²) < 4.78 is 0. The third kappa shape index (κ3) is 4.70. The molecule has 1 heterocycles. The van der Waals surface area contributed by atoms with E-state index < -0.39 is 12.0 Å². The molecule has 0 radical (unpaired) electrons. The summed E-state index contributed by atoms with van der Waals surface area (Å²) in [5.74, 6) is -0.955. The molecule has 2 N–H and O–H groups in total. The normalized spacial score (nSPS) is 22.1. The van der Waals surface area contributed by atoms with Crippen LogP contribution in [0.3, 0.4) is 0 Å². The van der Waals surface area contributed by atoms with Gasteiger partial charge in [0.15, 0.2) is 0 Å². The number of unbranched alkanes of at least 4 members (excludes halogenated alkanes) is 1. The molecule has 0 aromatic heterocycles. The van der Waals surface area contributed by atoms with E-state index in [-0.39, 0.29) is 6.03 Å². The van der Waals surface area contributed by atoms with Crippen molar-refractivity contribution in [2.75, 3.05) is 26.7 Å². The van der Waals surface area contributed by atoms with Crippen LogP contribution in [0.5, 0.6) is 0 Å². The summed E-state index contributed by atoms with van der Waals surface area (Å²) in [5.41, 5.74) is 0. The number of rotatable bonds is 5. The largest absolute Gasteiger partial charge is 0.480 e. The highest BCUT2D eigenvalue weighted by Crippen LogP contribution is 2.08. The summed E-state index contributed by atoms with van der Waals surface area (Å²) in [4.78, 5) is 27.1. The molecule has 2 amide bonds. The van der Waals surface area contributed by atoms with Crippen molar-refractivity contribution in [3.8, 4) is 0 Å². The van der Waals surface area contributed by atoms with E-state index in [4.69, 9.17) is 5.11 Å². The van der Waals surface area contributed by atoms with Crippen molar-refractivity contribution in [3.63, 3.8) is 0 Å². The van der Waals surface area contributed by atoms with Gasteiger partial charge in [-0.15, -0.1) is 0 Å². The molecule has 1 aliphatic heterocycles. The highest BCUT2D eigenvalue weighted by atomic mass is 16.4. The number of carbonyl (C=O) groups excluding carboxylic acids is 1. The van der Waals surface area contributed by atoms with Crippen molar-refractivity contribution in [1.82, 2.24) is 15.1 Å². The minimum absolute atomic E-state index is 0.261. The predicted octanol–water partition coefficient (Wildman–Crippen LogP) is 0.975. The number of carbonyl (C=O) groups is 2. The van der Waals surface area contributed by atoms with Crippen LogP contribution in [0.4, 0.5) is 4.79 Å². The van der Waals surface area contributed by atoms with E-state index >= 15 is 0 Å². The van der Waals surface area contributed by atoms with Crippen LogP contribution >= 0.6 is 0 Å². The first kappa shape index (κ1) is 15.8. The van der Waals surface area contributed by atoms with Crippen LogP contribution in [0.2, 0.25) is 0 Å². The minimum atomic E-state index is -0.955. The molecule has 110 valence electrons. The first-order valence-corrected chi connectivity index (χ1v) is 6.94. The van der Waals surface area contributed by atoms with Crippen LogP contribution in [0.25, 0.3) is 0 Å². The number of nitrogens with one attached hydrogen (secondary N) is 1. The zero-order chi connectivity index (χ0) is 14.4. The van der Waals surface area contributed by atoms with Gasteiger partial charge in [-0.05, 0) is 20.4 Å². The number of amides is 2. The van der Waals surface area contributed by atoms with Gasteiger partial charge >= 0.3 is 12.0 Å². The molecule has 0 aromatic carbocycles. The Bertz CT molecular complexity index is 322. The summed E-state index contributed by atoms with van der Waals surface area (Å²) in [5, 5.41) is 11.7. The van der Waals surface area contributed by atoms with E-state index in [0.29, 0.717) is 25.6 Å². The van der Waals surface area contributed by atoms with E-state index in [2.05, 4.69) is 17.1 Å². The van der Waals surface area contributed by atoms with Gasteiger partial charge in [-0.25, -0.2) is 9.59 Å². The first-order chi connectivity index (χ1) is 8.95. The van der Waals surface area contributed by atoms with Crippen LogP contribution in [0.1, 0.15) is 33.1 Å². The predicted molar refractivity (Wildman–Crippen MR) is 73.1 cm³/mol. The van der Waals surface area contributed by atoms with Crippen molar-refractivity contribution in [2.24, 2.45) is 0 Å². The third-order valence-electron chi connectivity index (χ3n) is 3.69. The van der Waals surface area contributed by atoms with E-state index in [9.17, 15) is 9.59 Å². The topological polar surface area (TPSA) is 72.9 Å². The Morgan fingerprint density at radius 3 is 2.63 bits per heavy atom. The highest BCUT2D eigenvalue weighted by Gasteiger charge is 2.27. The maximum atomic E-state index is 12.1. The number of likely N-dealkylation sites (N-methyl/N-ethyl adjacent to an activating group) is 1. The molecule has 0 saturated carbocycles. The quantitative estimate of drug-likeness (QED) is 0.781. The molecule has 1 rings (SSSR count). The Morgan fingerprint density at radius 2 is 2.11 bits per heavy atom. The standard InChI is InChI=1S/C13H25N3O3/c1-4-5-6-11(12(17)18)14-13(19)16-8-7-15(3)10(2)9-16/h10-11H,4-9H2,1-3H3,(H,14,19)(H,17,18)/t10?,11-/m0/s1. The fourth-order valence-corrected chi connectivity index (χ4v) is 2.14. The Kier molecular flexibility index (Phi) is 6.08. The van der Waals surface area contributed by atoms with Gasteiger partial charge in [-0.2, -0.15) is 0 Å². The van der Waals surface area contributed by atoms with Crippen molar-refractivity contribution in [1.29, 1.82) is 0 Å². The molecule has 1 fully saturated rings. The van der Waals surface area contributed by atoms with Gasteiger partial charge in [-0.1, -0.05) is 19.8 Å². The molecule has 6 heteroatoms. The summed E-state index contributed by atoms with van der Waals surface area (Å²) in [6, 6.07) is -0.732. The zero-order valence-electron chi connectivity index (χ0n) is 12.1. The molecule has 2 atom stereocenters. The lowest BCUT2D eigenvalue weighted by Gasteiger charge is -2.38. The Morgan fingerprint density at radius 1 is 1.42 bits per heavy atom. The molecule has 6 nitrogen and oxygen atoms in total. The van der Waals surface area contributed by atoms with E-state index in [0.717, 1.165) is 19.4 Å². The number of hydrogen-bond acceptors (Lipinski definition) is 3. The van der Waals surface area contributed by atoms with Gasteiger partial charge in [-0.3, -0.25) is 0 Å². The first-order valence-electron chi connectivity index (χ1n) is 6.94. The number of hydrogen-bond donors (Lipinski definition) is 2.